The van der Waals surface area contributed by atoms with Crippen LogP contribution in [-0.2, 0) is 14.3 Å². The largest absolute Gasteiger partial charge is 0.443 e. The summed E-state index contributed by atoms with van der Waals surface area (Å²) in [6.07, 6.45) is 2.62. The third-order valence-electron chi connectivity index (χ3n) is 6.22. The fraction of sp³-hybridized carbons (Fsp3) is 0.323. The summed E-state index contributed by atoms with van der Waals surface area (Å²) in [5.41, 5.74) is 2.63. The summed E-state index contributed by atoms with van der Waals surface area (Å²) < 4.78 is 7.05. The fourth-order valence-corrected chi connectivity index (χ4v) is 4.74. The van der Waals surface area contributed by atoms with E-state index < -0.39 is 11.7 Å². The second kappa shape index (κ2) is 12.8. The van der Waals surface area contributed by atoms with Gasteiger partial charge >= 0.3 is 6.09 Å². The minimum Gasteiger partial charge on any atom is -0.443 e. The summed E-state index contributed by atoms with van der Waals surface area (Å²) in [7, 11) is 3.65. The van der Waals surface area contributed by atoms with Gasteiger partial charge in [-0.05, 0) is 66.1 Å². The minimum absolute atomic E-state index is 0.101. The molecule has 2 amide bonds. The molecule has 0 spiro atoms. The van der Waals surface area contributed by atoms with Gasteiger partial charge in [-0.1, -0.05) is 29.8 Å². The molecule has 4 aromatic rings. The molecule has 0 aliphatic carbocycles. The molecule has 0 bridgehead atoms. The van der Waals surface area contributed by atoms with Crippen molar-refractivity contribution < 1.29 is 19.1 Å². The van der Waals surface area contributed by atoms with Crippen LogP contribution in [0.25, 0.3) is 22.2 Å². The Labute approximate surface area is 255 Å². The highest BCUT2D eigenvalue weighted by atomic mass is 35.5. The Kier molecular flexibility index (Phi) is 9.37. The Hall–Kier alpha value is -4.48. The number of hydrogen-bond donors (Lipinski definition) is 2. The molecule has 0 saturated carbocycles. The number of carbonyl (C=O) groups is 3. The van der Waals surface area contributed by atoms with Crippen LogP contribution in [0.5, 0.6) is 0 Å². The summed E-state index contributed by atoms with van der Waals surface area (Å²) in [5, 5.41) is 7.05. The first-order valence-electron chi connectivity index (χ1n) is 13.8. The number of halogens is 1. The molecule has 2 aromatic heterocycles. The van der Waals surface area contributed by atoms with Crippen LogP contribution in [0.4, 0.5) is 27.8 Å². The molecule has 2 aromatic carbocycles. The van der Waals surface area contributed by atoms with Crippen LogP contribution < -0.4 is 15.5 Å². The second-order valence-corrected chi connectivity index (χ2v) is 11.6. The number of fused-ring (bicyclic) bond motifs is 1. The van der Waals surface area contributed by atoms with Gasteiger partial charge in [0.1, 0.15) is 5.60 Å². The van der Waals surface area contributed by atoms with Crippen molar-refractivity contribution in [1.82, 2.24) is 19.4 Å². The van der Waals surface area contributed by atoms with Gasteiger partial charge in [0.05, 0.1) is 40.3 Å². The highest BCUT2D eigenvalue weighted by molar-refractivity contribution is 6.33. The predicted molar refractivity (Wildman–Crippen MR) is 170 cm³/mol. The van der Waals surface area contributed by atoms with Gasteiger partial charge in [0.15, 0.2) is 0 Å². The summed E-state index contributed by atoms with van der Waals surface area (Å²) in [6, 6.07) is 12.7. The summed E-state index contributed by atoms with van der Waals surface area (Å²) in [5.74, 6) is -0.136. The quantitative estimate of drug-likeness (QED) is 0.245. The highest BCUT2D eigenvalue weighted by Gasteiger charge is 2.23. The van der Waals surface area contributed by atoms with Gasteiger partial charge in [0, 0.05) is 36.3 Å². The molecule has 11 nitrogen and oxygen atoms in total. The SMILES string of the molecule is CCN(C(=O)CN(C)C)c1ccc(Nc2ncc(Cl)c(-c3cn(C(=O)OC(C)(C)C)c4ccccc34)n2)cc1NC(C)=O. The standard InChI is InChI=1S/C31H36ClN7O4/c1-8-38(27(41)18-37(6)7)26-14-13-20(15-24(26)34-19(2)40)35-29-33-16-23(32)28(36-29)22-17-39(30(42)43-31(3,4)5)25-12-10-9-11-21(22)25/h9-17H,8,18H2,1-7H3,(H,34,40)(H,33,35,36). The average Bonchev–Trinajstić information content (AvgIpc) is 3.29. The van der Waals surface area contributed by atoms with Crippen molar-refractivity contribution in [1.29, 1.82) is 0 Å². The van der Waals surface area contributed by atoms with E-state index in [-0.39, 0.29) is 24.3 Å². The fourth-order valence-electron chi connectivity index (χ4n) is 4.55. The molecule has 0 unspecified atom stereocenters. The van der Waals surface area contributed by atoms with E-state index in [1.807, 2.05) is 66.1 Å². The number of anilines is 4. The van der Waals surface area contributed by atoms with Gasteiger partial charge in [-0.2, -0.15) is 0 Å². The van der Waals surface area contributed by atoms with Crippen molar-refractivity contribution in [2.24, 2.45) is 0 Å². The molecule has 226 valence electrons. The smallest absolute Gasteiger partial charge is 0.419 e. The van der Waals surface area contributed by atoms with E-state index in [0.29, 0.717) is 45.4 Å². The van der Waals surface area contributed by atoms with Gasteiger partial charge in [-0.25, -0.2) is 14.8 Å². The van der Waals surface area contributed by atoms with Crippen molar-refractivity contribution in [2.75, 3.05) is 42.7 Å². The molecule has 2 heterocycles. The molecule has 0 fully saturated rings. The zero-order chi connectivity index (χ0) is 31.5. The Morgan fingerprint density at radius 2 is 1.81 bits per heavy atom. The number of carbonyl (C=O) groups excluding carboxylic acids is 3. The van der Waals surface area contributed by atoms with Crippen molar-refractivity contribution >= 4 is 63.4 Å². The molecule has 0 radical (unpaired) electrons. The van der Waals surface area contributed by atoms with Gasteiger partial charge in [0.25, 0.3) is 0 Å². The van der Waals surface area contributed by atoms with Gasteiger partial charge in [-0.15, -0.1) is 0 Å². The second-order valence-electron chi connectivity index (χ2n) is 11.2. The van der Waals surface area contributed by atoms with Crippen molar-refractivity contribution in [3.05, 3.63) is 59.9 Å². The lowest BCUT2D eigenvalue weighted by Gasteiger charge is -2.26. The lowest BCUT2D eigenvalue weighted by molar-refractivity contribution is -0.119. The molecule has 12 heteroatoms. The number of nitrogens with one attached hydrogen (secondary N) is 2. The lowest BCUT2D eigenvalue weighted by atomic mass is 10.1. The van der Waals surface area contributed by atoms with E-state index in [1.54, 1.807) is 34.2 Å². The van der Waals surface area contributed by atoms with Crippen LogP contribution in [-0.4, -0.2) is 70.1 Å². The summed E-state index contributed by atoms with van der Waals surface area (Å²) >= 11 is 6.58. The zero-order valence-corrected chi connectivity index (χ0v) is 26.1. The molecule has 43 heavy (non-hydrogen) atoms. The van der Waals surface area contributed by atoms with E-state index in [1.165, 1.54) is 17.7 Å². The normalized spacial score (nSPS) is 11.5. The summed E-state index contributed by atoms with van der Waals surface area (Å²) in [6.45, 7) is 9.35. The number of likely N-dealkylation sites (N-methyl/N-ethyl adjacent to an activating group) is 2. The number of nitrogens with zero attached hydrogens (tertiary/aromatic N) is 5. The molecular formula is C31H36ClN7O4. The number of ether oxygens (including phenoxy) is 1. The monoisotopic (exact) mass is 605 g/mol. The predicted octanol–water partition coefficient (Wildman–Crippen LogP) is 6.15. The Morgan fingerprint density at radius 1 is 1.09 bits per heavy atom. The maximum atomic E-state index is 13.0. The molecule has 0 aliphatic heterocycles. The minimum atomic E-state index is -0.675. The van der Waals surface area contributed by atoms with Gasteiger partial charge in [0.2, 0.25) is 17.8 Å². The third-order valence-corrected chi connectivity index (χ3v) is 6.50. The number of para-hydroxylation sites is 1. The molecule has 2 N–H and O–H groups in total. The Balaban J connectivity index is 1.72. The maximum Gasteiger partial charge on any atom is 0.419 e. The number of amides is 2. The molecule has 0 atom stereocenters. The van der Waals surface area contributed by atoms with Crippen molar-refractivity contribution in [3.63, 3.8) is 0 Å². The van der Waals surface area contributed by atoms with Crippen LogP contribution in [0.1, 0.15) is 34.6 Å². The van der Waals surface area contributed by atoms with E-state index in [2.05, 4.69) is 20.6 Å². The Morgan fingerprint density at radius 3 is 2.47 bits per heavy atom. The van der Waals surface area contributed by atoms with E-state index in [9.17, 15) is 14.4 Å². The van der Waals surface area contributed by atoms with Crippen LogP contribution >= 0.6 is 11.6 Å². The van der Waals surface area contributed by atoms with Crippen LogP contribution in [0.3, 0.4) is 0 Å². The number of rotatable bonds is 8. The van der Waals surface area contributed by atoms with E-state index in [0.717, 1.165) is 5.39 Å². The topological polar surface area (TPSA) is 122 Å². The van der Waals surface area contributed by atoms with Crippen molar-refractivity contribution in [3.8, 4) is 11.3 Å². The van der Waals surface area contributed by atoms with E-state index >= 15 is 0 Å². The van der Waals surface area contributed by atoms with Crippen LogP contribution in [0, 0.1) is 0 Å². The van der Waals surface area contributed by atoms with Crippen molar-refractivity contribution in [2.45, 2.75) is 40.2 Å². The molecular weight excluding hydrogens is 570 g/mol. The lowest BCUT2D eigenvalue weighted by Crippen LogP contribution is -2.38. The Bertz CT molecular complexity index is 1680. The first kappa shape index (κ1) is 31.5. The zero-order valence-electron chi connectivity index (χ0n) is 25.4. The van der Waals surface area contributed by atoms with Crippen LogP contribution in [0.15, 0.2) is 54.9 Å². The molecule has 0 aliphatic rings. The first-order chi connectivity index (χ1) is 20.3. The number of benzene rings is 2. The van der Waals surface area contributed by atoms with Crippen LogP contribution in [0.2, 0.25) is 5.02 Å². The number of hydrogen-bond acceptors (Lipinski definition) is 8. The first-order valence-corrected chi connectivity index (χ1v) is 14.1. The molecule has 0 saturated heterocycles. The van der Waals surface area contributed by atoms with E-state index in [4.69, 9.17) is 16.3 Å². The third kappa shape index (κ3) is 7.49. The van der Waals surface area contributed by atoms with Gasteiger partial charge < -0.3 is 25.2 Å². The molecule has 4 rings (SSSR count). The average molecular weight is 606 g/mol. The summed E-state index contributed by atoms with van der Waals surface area (Å²) in [4.78, 5) is 50.4. The number of aromatic nitrogens is 3. The highest BCUT2D eigenvalue weighted by Crippen LogP contribution is 2.35. The maximum absolute atomic E-state index is 13.0. The van der Waals surface area contributed by atoms with Gasteiger partial charge in [-0.3, -0.25) is 14.2 Å².